The van der Waals surface area contributed by atoms with Gasteiger partial charge in [0.05, 0.1) is 13.3 Å². The number of hydrogen-bond acceptors (Lipinski definition) is 3. The molecular formula is C12H18N2O2. The van der Waals surface area contributed by atoms with E-state index < -0.39 is 0 Å². The molecule has 0 aromatic carbocycles. The molecule has 88 valence electrons. The van der Waals surface area contributed by atoms with E-state index in [0.717, 1.165) is 18.4 Å². The van der Waals surface area contributed by atoms with Gasteiger partial charge in [-0.05, 0) is 18.9 Å². The minimum absolute atomic E-state index is 0.0458. The Morgan fingerprint density at radius 3 is 2.62 bits per heavy atom. The predicted molar refractivity (Wildman–Crippen MR) is 62.8 cm³/mol. The molecule has 0 bridgehead atoms. The van der Waals surface area contributed by atoms with Crippen LogP contribution >= 0.6 is 0 Å². The number of hydrogen-bond donors (Lipinski definition) is 0. The molecular weight excluding hydrogens is 204 g/mol. The molecule has 16 heavy (non-hydrogen) atoms. The van der Waals surface area contributed by atoms with Gasteiger partial charge in [0.2, 0.25) is 5.78 Å². The summed E-state index contributed by atoms with van der Waals surface area (Å²) in [6, 6.07) is 0. The highest BCUT2D eigenvalue weighted by Crippen LogP contribution is 2.18. The highest BCUT2D eigenvalue weighted by molar-refractivity contribution is 6.05. The normalized spacial score (nSPS) is 10.0. The van der Waals surface area contributed by atoms with Crippen molar-refractivity contribution in [1.82, 2.24) is 9.78 Å². The monoisotopic (exact) mass is 222 g/mol. The van der Waals surface area contributed by atoms with Gasteiger partial charge in [0.1, 0.15) is 0 Å². The highest BCUT2D eigenvalue weighted by Gasteiger charge is 2.15. The molecule has 0 fully saturated rings. The molecule has 0 N–H and O–H groups in total. The van der Waals surface area contributed by atoms with Gasteiger partial charge >= 0.3 is 0 Å². The van der Waals surface area contributed by atoms with Crippen LogP contribution in [-0.4, -0.2) is 22.7 Å². The molecule has 0 atom stereocenters. The molecule has 0 amide bonds. The van der Waals surface area contributed by atoms with E-state index in [4.69, 9.17) is 4.74 Å². The second kappa shape index (κ2) is 5.49. The topological polar surface area (TPSA) is 44.1 Å². The van der Waals surface area contributed by atoms with E-state index in [1.807, 2.05) is 13.8 Å². The smallest absolute Gasteiger partial charge is 0.207 e. The van der Waals surface area contributed by atoms with Crippen molar-refractivity contribution < 1.29 is 9.53 Å². The molecule has 0 aliphatic carbocycles. The Bertz CT molecular complexity index is 399. The summed E-state index contributed by atoms with van der Waals surface area (Å²) in [5.41, 5.74) is 1.63. The molecule has 4 heteroatoms. The first kappa shape index (κ1) is 12.5. The van der Waals surface area contributed by atoms with Crippen molar-refractivity contribution in [1.29, 1.82) is 0 Å². The summed E-state index contributed by atoms with van der Waals surface area (Å²) in [5, 5.41) is 4.01. The van der Waals surface area contributed by atoms with Crippen molar-refractivity contribution >= 4 is 5.78 Å². The number of methoxy groups -OCH3 is 1. The van der Waals surface area contributed by atoms with Gasteiger partial charge < -0.3 is 4.74 Å². The van der Waals surface area contributed by atoms with Crippen molar-refractivity contribution in [2.24, 2.45) is 7.05 Å². The second-order valence-corrected chi connectivity index (χ2v) is 3.56. The number of rotatable bonds is 5. The number of carbonyl (C=O) groups is 1. The molecule has 1 rings (SSSR count). The molecule has 0 unspecified atom stereocenters. The predicted octanol–water partition coefficient (Wildman–Crippen LogP) is 2.36. The quantitative estimate of drug-likeness (QED) is 0.567. The van der Waals surface area contributed by atoms with Crippen LogP contribution in [-0.2, 0) is 7.05 Å². The second-order valence-electron chi connectivity index (χ2n) is 3.56. The minimum atomic E-state index is -0.0458. The van der Waals surface area contributed by atoms with Crippen LogP contribution < -0.4 is 4.74 Å². The van der Waals surface area contributed by atoms with Crippen LogP contribution in [0.2, 0.25) is 0 Å². The molecule has 0 saturated heterocycles. The van der Waals surface area contributed by atoms with E-state index in [0.29, 0.717) is 11.4 Å². The lowest BCUT2D eigenvalue weighted by Gasteiger charge is -2.03. The van der Waals surface area contributed by atoms with Crippen molar-refractivity contribution in [2.75, 3.05) is 7.11 Å². The third-order valence-corrected chi connectivity index (χ3v) is 2.60. The maximum atomic E-state index is 12.0. The third kappa shape index (κ3) is 2.51. The summed E-state index contributed by atoms with van der Waals surface area (Å²) in [6.07, 6.45) is 5.02. The summed E-state index contributed by atoms with van der Waals surface area (Å²) in [6.45, 7) is 4.09. The van der Waals surface area contributed by atoms with Gasteiger partial charge in [-0.2, -0.15) is 5.10 Å². The summed E-state index contributed by atoms with van der Waals surface area (Å²) in [5.74, 6) is 0.478. The van der Waals surface area contributed by atoms with Gasteiger partial charge in [0.25, 0.3) is 0 Å². The van der Waals surface area contributed by atoms with Gasteiger partial charge in [0, 0.05) is 7.05 Å². The Morgan fingerprint density at radius 1 is 1.50 bits per heavy atom. The summed E-state index contributed by atoms with van der Waals surface area (Å²) in [4.78, 5) is 12.0. The van der Waals surface area contributed by atoms with Crippen molar-refractivity contribution in [2.45, 2.75) is 26.7 Å². The molecule has 0 aliphatic heterocycles. The van der Waals surface area contributed by atoms with Crippen LogP contribution in [0.15, 0.2) is 17.8 Å². The first-order valence-corrected chi connectivity index (χ1v) is 5.43. The fraction of sp³-hybridized carbons (Fsp3) is 0.500. The SMILES string of the molecule is CCC(=CC(=O)c1c(OC)cnn1C)CC. The Balaban J connectivity index is 3.04. The Labute approximate surface area is 95.9 Å². The van der Waals surface area contributed by atoms with Crippen LogP contribution in [0.1, 0.15) is 37.2 Å². The van der Waals surface area contributed by atoms with Crippen LogP contribution in [0.25, 0.3) is 0 Å². The zero-order valence-electron chi connectivity index (χ0n) is 10.3. The highest BCUT2D eigenvalue weighted by atomic mass is 16.5. The number of aryl methyl sites for hydroxylation is 1. The number of aromatic nitrogens is 2. The summed E-state index contributed by atoms with van der Waals surface area (Å²) >= 11 is 0. The number of carbonyl (C=O) groups excluding carboxylic acids is 1. The standard InChI is InChI=1S/C12H18N2O2/c1-5-9(6-2)7-10(15)12-11(16-4)8-13-14(12)3/h7-8H,5-6H2,1-4H3. The lowest BCUT2D eigenvalue weighted by Crippen LogP contribution is -2.06. The molecule has 0 saturated carbocycles. The molecule has 1 heterocycles. The molecule has 1 aromatic rings. The summed E-state index contributed by atoms with van der Waals surface area (Å²) in [7, 11) is 3.28. The molecule has 0 radical (unpaired) electrons. The average Bonchev–Trinajstić information content (AvgIpc) is 2.67. The lowest BCUT2D eigenvalue weighted by atomic mass is 10.1. The Kier molecular flexibility index (Phi) is 4.28. The van der Waals surface area contributed by atoms with E-state index in [2.05, 4.69) is 5.10 Å². The van der Waals surface area contributed by atoms with Crippen molar-refractivity contribution in [3.63, 3.8) is 0 Å². The van der Waals surface area contributed by atoms with Crippen LogP contribution in [0.3, 0.4) is 0 Å². The largest absolute Gasteiger partial charge is 0.493 e. The van der Waals surface area contributed by atoms with Gasteiger partial charge in [-0.1, -0.05) is 19.4 Å². The Hall–Kier alpha value is -1.58. The number of ether oxygens (including phenoxy) is 1. The zero-order chi connectivity index (χ0) is 12.1. The van der Waals surface area contributed by atoms with Crippen LogP contribution in [0, 0.1) is 0 Å². The average molecular weight is 222 g/mol. The van der Waals surface area contributed by atoms with Gasteiger partial charge in [0.15, 0.2) is 11.4 Å². The van der Waals surface area contributed by atoms with Crippen LogP contribution in [0.4, 0.5) is 0 Å². The molecule has 0 spiro atoms. The first-order chi connectivity index (χ1) is 7.63. The van der Waals surface area contributed by atoms with E-state index in [9.17, 15) is 4.79 Å². The van der Waals surface area contributed by atoms with E-state index in [1.165, 1.54) is 7.11 Å². The molecule has 0 aliphatic rings. The van der Waals surface area contributed by atoms with E-state index >= 15 is 0 Å². The molecule has 1 aromatic heterocycles. The van der Waals surface area contributed by atoms with E-state index in [-0.39, 0.29) is 5.78 Å². The van der Waals surface area contributed by atoms with Gasteiger partial charge in [-0.15, -0.1) is 0 Å². The van der Waals surface area contributed by atoms with E-state index in [1.54, 1.807) is 24.0 Å². The number of ketones is 1. The minimum Gasteiger partial charge on any atom is -0.493 e. The van der Waals surface area contributed by atoms with Crippen molar-refractivity contribution in [3.05, 3.63) is 23.5 Å². The maximum Gasteiger partial charge on any atom is 0.207 e. The number of allylic oxidation sites excluding steroid dienone is 2. The fourth-order valence-corrected chi connectivity index (χ4v) is 1.56. The third-order valence-electron chi connectivity index (χ3n) is 2.60. The maximum absolute atomic E-state index is 12.0. The molecule has 4 nitrogen and oxygen atoms in total. The Morgan fingerprint density at radius 2 is 2.12 bits per heavy atom. The van der Waals surface area contributed by atoms with Crippen LogP contribution in [0.5, 0.6) is 5.75 Å². The fourth-order valence-electron chi connectivity index (χ4n) is 1.56. The first-order valence-electron chi connectivity index (χ1n) is 5.43. The number of nitrogens with zero attached hydrogens (tertiary/aromatic N) is 2. The summed E-state index contributed by atoms with van der Waals surface area (Å²) < 4.78 is 6.64. The van der Waals surface area contributed by atoms with Crippen molar-refractivity contribution in [3.8, 4) is 5.75 Å². The zero-order valence-corrected chi connectivity index (χ0v) is 10.3. The van der Waals surface area contributed by atoms with Gasteiger partial charge in [-0.3, -0.25) is 9.48 Å². The lowest BCUT2D eigenvalue weighted by molar-refractivity contribution is 0.103. The van der Waals surface area contributed by atoms with Gasteiger partial charge in [-0.25, -0.2) is 0 Å².